The third-order valence-corrected chi connectivity index (χ3v) is 8.06. The predicted molar refractivity (Wildman–Crippen MR) is 111 cm³/mol. The van der Waals surface area contributed by atoms with Gasteiger partial charge in [-0.25, -0.2) is 8.42 Å². The first-order valence-corrected chi connectivity index (χ1v) is 11.9. The van der Waals surface area contributed by atoms with Gasteiger partial charge < -0.3 is 5.32 Å². The van der Waals surface area contributed by atoms with Crippen LogP contribution in [0.2, 0.25) is 0 Å². The van der Waals surface area contributed by atoms with Gasteiger partial charge in [0.05, 0.1) is 16.2 Å². The number of nitrogens with one attached hydrogen (secondary N) is 1. The first-order valence-electron chi connectivity index (χ1n) is 9.44. The molecule has 1 aliphatic rings. The second-order valence-electron chi connectivity index (χ2n) is 7.45. The minimum Gasteiger partial charge on any atom is -0.317 e. The highest BCUT2D eigenvalue weighted by molar-refractivity contribution is 7.91. The van der Waals surface area contributed by atoms with Crippen molar-refractivity contribution in [3.8, 4) is 6.07 Å². The maximum atomic E-state index is 12.4. The number of hydrogen-bond acceptors (Lipinski definition) is 5. The van der Waals surface area contributed by atoms with Gasteiger partial charge in [-0.1, -0.05) is 24.6 Å². The van der Waals surface area contributed by atoms with E-state index in [9.17, 15) is 18.5 Å². The number of rotatable bonds is 6. The highest BCUT2D eigenvalue weighted by Gasteiger charge is 2.24. The average Bonchev–Trinajstić information content (AvgIpc) is 2.97. The third kappa shape index (κ3) is 4.62. The number of fused-ring (bicyclic) bond motifs is 1. The summed E-state index contributed by atoms with van der Waals surface area (Å²) < 4.78 is 24.7. The fraction of sp³-hybridized carbons (Fsp3) is 0.429. The second kappa shape index (κ2) is 8.46. The summed E-state index contributed by atoms with van der Waals surface area (Å²) in [7, 11) is -3.40. The fourth-order valence-electron chi connectivity index (χ4n) is 3.43. The zero-order valence-electron chi connectivity index (χ0n) is 16.1. The highest BCUT2D eigenvalue weighted by Crippen LogP contribution is 2.39. The van der Waals surface area contributed by atoms with E-state index in [1.54, 1.807) is 24.3 Å². The van der Waals surface area contributed by atoms with Crippen molar-refractivity contribution < 1.29 is 13.2 Å². The molecule has 5 nitrogen and oxygen atoms in total. The molecule has 0 radical (unpaired) electrons. The van der Waals surface area contributed by atoms with Gasteiger partial charge >= 0.3 is 0 Å². The summed E-state index contributed by atoms with van der Waals surface area (Å²) in [4.78, 5) is 13.8. The quantitative estimate of drug-likeness (QED) is 0.763. The van der Waals surface area contributed by atoms with Crippen molar-refractivity contribution in [2.45, 2.75) is 50.8 Å². The molecule has 7 heteroatoms. The van der Waals surface area contributed by atoms with Crippen LogP contribution in [0.15, 0.2) is 29.2 Å². The maximum absolute atomic E-state index is 12.4. The van der Waals surface area contributed by atoms with Crippen LogP contribution < -0.4 is 5.32 Å². The molecule has 0 fully saturated rings. The van der Waals surface area contributed by atoms with Crippen LogP contribution in [-0.2, 0) is 27.5 Å². The van der Waals surface area contributed by atoms with Gasteiger partial charge in [0.25, 0.3) is 0 Å². The predicted octanol–water partition coefficient (Wildman–Crippen LogP) is 4.25. The number of amides is 1. The lowest BCUT2D eigenvalue weighted by atomic mass is 9.89. The number of benzene rings is 1. The Balaban J connectivity index is 1.59. The molecule has 1 amide bonds. The van der Waals surface area contributed by atoms with E-state index in [0.717, 1.165) is 30.4 Å². The van der Waals surface area contributed by atoms with Crippen LogP contribution in [0.25, 0.3) is 0 Å². The van der Waals surface area contributed by atoms with Gasteiger partial charge in [-0.2, -0.15) is 5.26 Å². The summed E-state index contributed by atoms with van der Waals surface area (Å²) in [5, 5.41) is 12.9. The molecule has 0 spiro atoms. The number of nitrogens with zero attached hydrogens (tertiary/aromatic N) is 1. The van der Waals surface area contributed by atoms with Crippen molar-refractivity contribution in [1.29, 1.82) is 5.26 Å². The summed E-state index contributed by atoms with van der Waals surface area (Å²) in [6.07, 6.45) is 3.23. The lowest BCUT2D eigenvalue weighted by Gasteiger charge is -2.17. The number of nitriles is 1. The van der Waals surface area contributed by atoms with Crippen LogP contribution in [0.1, 0.15) is 47.8 Å². The van der Waals surface area contributed by atoms with E-state index in [1.165, 1.54) is 16.2 Å². The Labute approximate surface area is 170 Å². The molecule has 1 heterocycles. The van der Waals surface area contributed by atoms with Crippen molar-refractivity contribution in [2.24, 2.45) is 5.92 Å². The number of sulfone groups is 1. The van der Waals surface area contributed by atoms with E-state index >= 15 is 0 Å². The van der Waals surface area contributed by atoms with Crippen molar-refractivity contribution in [1.82, 2.24) is 0 Å². The number of thiophene rings is 1. The molecule has 1 aliphatic carbocycles. The Hall–Kier alpha value is -2.17. The van der Waals surface area contributed by atoms with Gasteiger partial charge in [-0.05, 0) is 56.2 Å². The van der Waals surface area contributed by atoms with Gasteiger partial charge in [0.2, 0.25) is 5.91 Å². The molecule has 0 bridgehead atoms. The zero-order chi connectivity index (χ0) is 20.3. The molecule has 0 saturated heterocycles. The van der Waals surface area contributed by atoms with Crippen molar-refractivity contribution in [3.63, 3.8) is 0 Å². The molecule has 0 aliphatic heterocycles. The van der Waals surface area contributed by atoms with Crippen molar-refractivity contribution in [3.05, 3.63) is 45.8 Å². The molecule has 148 valence electrons. The Bertz CT molecular complexity index is 1020. The summed E-state index contributed by atoms with van der Waals surface area (Å²) in [6, 6.07) is 8.96. The molecule has 2 aromatic rings. The smallest absolute Gasteiger partial charge is 0.225 e. The minimum atomic E-state index is -3.40. The molecular formula is C21H24N2O3S2. The number of aryl methyl sites for hydroxylation is 1. The van der Waals surface area contributed by atoms with Crippen LogP contribution in [0.4, 0.5) is 5.00 Å². The van der Waals surface area contributed by atoms with Gasteiger partial charge in [-0.3, -0.25) is 4.79 Å². The van der Waals surface area contributed by atoms with E-state index < -0.39 is 9.84 Å². The van der Waals surface area contributed by atoms with Crippen molar-refractivity contribution >= 4 is 32.1 Å². The van der Waals surface area contributed by atoms with Gasteiger partial charge in [0.15, 0.2) is 9.84 Å². The maximum Gasteiger partial charge on any atom is 0.225 e. The zero-order valence-corrected chi connectivity index (χ0v) is 17.8. The number of carbonyl (C=O) groups excluding carboxylic acids is 1. The Kier molecular flexibility index (Phi) is 6.21. The monoisotopic (exact) mass is 416 g/mol. The second-order valence-corrected chi connectivity index (χ2v) is 10.7. The fourth-order valence-corrected chi connectivity index (χ4v) is 6.12. The number of carbonyl (C=O) groups is 1. The van der Waals surface area contributed by atoms with Crippen LogP contribution >= 0.6 is 11.3 Å². The summed E-state index contributed by atoms with van der Waals surface area (Å²) >= 11 is 1.48. The SMILES string of the molecule is Cc1ccc(S(=O)(=O)CCCC(=O)Nc2sc3c(c2C#N)CCC(C)C3)cc1. The molecule has 1 atom stereocenters. The highest BCUT2D eigenvalue weighted by atomic mass is 32.2. The lowest BCUT2D eigenvalue weighted by molar-refractivity contribution is -0.116. The molecule has 1 N–H and O–H groups in total. The topological polar surface area (TPSA) is 87.0 Å². The van der Waals surface area contributed by atoms with E-state index in [2.05, 4.69) is 18.3 Å². The molecule has 1 aromatic heterocycles. The minimum absolute atomic E-state index is 0.0763. The summed E-state index contributed by atoms with van der Waals surface area (Å²) in [5.41, 5.74) is 2.65. The molecule has 1 aromatic carbocycles. The van der Waals surface area contributed by atoms with E-state index in [-0.39, 0.29) is 29.4 Å². The largest absolute Gasteiger partial charge is 0.317 e. The number of hydrogen-bond donors (Lipinski definition) is 1. The van der Waals surface area contributed by atoms with Gasteiger partial charge in [-0.15, -0.1) is 11.3 Å². The van der Waals surface area contributed by atoms with E-state index in [1.807, 2.05) is 6.92 Å². The standard InChI is InChI=1S/C21H24N2O3S2/c1-14-5-8-16(9-6-14)28(25,26)11-3-4-20(24)23-21-18(13-22)17-10-7-15(2)12-19(17)27-21/h5-6,8-9,15H,3-4,7,10-12H2,1-2H3,(H,23,24). The Morgan fingerprint density at radius 2 is 2.04 bits per heavy atom. The summed E-state index contributed by atoms with van der Waals surface area (Å²) in [5.74, 6) is 0.267. The molecule has 0 saturated carbocycles. The van der Waals surface area contributed by atoms with Crippen LogP contribution in [0, 0.1) is 24.2 Å². The Morgan fingerprint density at radius 3 is 2.71 bits per heavy atom. The first kappa shape index (κ1) is 20.6. The van der Waals surface area contributed by atoms with E-state index in [0.29, 0.717) is 16.5 Å². The summed E-state index contributed by atoms with van der Waals surface area (Å²) in [6.45, 7) is 4.10. The van der Waals surface area contributed by atoms with Crippen LogP contribution in [-0.4, -0.2) is 20.1 Å². The van der Waals surface area contributed by atoms with Crippen LogP contribution in [0.3, 0.4) is 0 Å². The molecule has 1 unspecified atom stereocenters. The normalized spacial score (nSPS) is 16.2. The molecule has 28 heavy (non-hydrogen) atoms. The Morgan fingerprint density at radius 1 is 1.32 bits per heavy atom. The van der Waals surface area contributed by atoms with Gasteiger partial charge in [0, 0.05) is 11.3 Å². The van der Waals surface area contributed by atoms with Crippen molar-refractivity contribution in [2.75, 3.05) is 11.1 Å². The van der Waals surface area contributed by atoms with Gasteiger partial charge in [0.1, 0.15) is 11.1 Å². The molecule has 3 rings (SSSR count). The van der Waals surface area contributed by atoms with E-state index in [4.69, 9.17) is 0 Å². The lowest BCUT2D eigenvalue weighted by Crippen LogP contribution is -2.14. The van der Waals surface area contributed by atoms with Crippen LogP contribution in [0.5, 0.6) is 0 Å². The number of anilines is 1. The first-order chi connectivity index (χ1) is 13.3. The average molecular weight is 417 g/mol. The third-order valence-electron chi connectivity index (χ3n) is 5.07. The molecular weight excluding hydrogens is 392 g/mol.